The smallest absolute Gasteiger partial charge is 0.219 e. The van der Waals surface area contributed by atoms with E-state index >= 15 is 0 Å². The Hall–Kier alpha value is -2.43. The van der Waals surface area contributed by atoms with Crippen LogP contribution in [0.2, 0.25) is 0 Å². The van der Waals surface area contributed by atoms with Crippen LogP contribution in [-0.2, 0) is 11.2 Å². The lowest BCUT2D eigenvalue weighted by molar-refractivity contribution is -0.127. The molecule has 3 rings (SSSR count). The van der Waals surface area contributed by atoms with Crippen LogP contribution in [0.25, 0.3) is 0 Å². The SMILES string of the molecule is CC(=O)N1CC[C@H](Nc2ccnc(Cc3ccccc3)n2)C1. The number of amides is 1. The largest absolute Gasteiger partial charge is 0.365 e. The van der Waals surface area contributed by atoms with E-state index in [1.165, 1.54) is 5.56 Å². The molecule has 0 radical (unpaired) electrons. The van der Waals surface area contributed by atoms with Crippen LogP contribution in [0.4, 0.5) is 5.82 Å². The number of carbonyl (C=O) groups excluding carboxylic acids is 1. The fraction of sp³-hybridized carbons (Fsp3) is 0.353. The van der Waals surface area contributed by atoms with Gasteiger partial charge in [-0.3, -0.25) is 4.79 Å². The fourth-order valence-corrected chi connectivity index (χ4v) is 2.72. The van der Waals surface area contributed by atoms with Gasteiger partial charge in [0.25, 0.3) is 0 Å². The van der Waals surface area contributed by atoms with Gasteiger partial charge in [0.05, 0.1) is 0 Å². The van der Waals surface area contributed by atoms with E-state index in [9.17, 15) is 4.79 Å². The van der Waals surface area contributed by atoms with Crippen LogP contribution in [0, 0.1) is 0 Å². The van der Waals surface area contributed by atoms with Crippen molar-refractivity contribution >= 4 is 11.7 Å². The number of benzene rings is 1. The summed E-state index contributed by atoms with van der Waals surface area (Å²) in [4.78, 5) is 22.2. The summed E-state index contributed by atoms with van der Waals surface area (Å²) >= 11 is 0. The van der Waals surface area contributed by atoms with Crippen LogP contribution in [0.5, 0.6) is 0 Å². The number of nitrogens with zero attached hydrogens (tertiary/aromatic N) is 3. The molecule has 1 aromatic carbocycles. The molecule has 1 amide bonds. The monoisotopic (exact) mass is 296 g/mol. The molecule has 1 aromatic heterocycles. The molecule has 1 aliphatic rings. The Morgan fingerprint density at radius 1 is 1.32 bits per heavy atom. The Balaban J connectivity index is 1.63. The third-order valence-electron chi connectivity index (χ3n) is 3.90. The summed E-state index contributed by atoms with van der Waals surface area (Å²) in [6, 6.07) is 12.3. The van der Waals surface area contributed by atoms with Crippen molar-refractivity contribution in [1.29, 1.82) is 0 Å². The first kappa shape index (κ1) is 14.5. The van der Waals surface area contributed by atoms with Gasteiger partial charge in [-0.1, -0.05) is 30.3 Å². The molecule has 0 bridgehead atoms. The lowest BCUT2D eigenvalue weighted by Crippen LogP contribution is -2.29. The lowest BCUT2D eigenvalue weighted by Gasteiger charge is -2.15. The Kier molecular flexibility index (Phi) is 4.32. The molecule has 114 valence electrons. The van der Waals surface area contributed by atoms with Crippen molar-refractivity contribution in [2.24, 2.45) is 0 Å². The molecule has 1 saturated heterocycles. The second-order valence-corrected chi connectivity index (χ2v) is 5.62. The second kappa shape index (κ2) is 6.56. The standard InChI is InChI=1S/C17H20N4O/c1-13(22)21-10-8-15(12-21)19-16-7-9-18-17(20-16)11-14-5-3-2-4-6-14/h2-7,9,15H,8,10-12H2,1H3,(H,18,19,20)/t15-/m0/s1. The summed E-state index contributed by atoms with van der Waals surface area (Å²) < 4.78 is 0. The van der Waals surface area contributed by atoms with Gasteiger partial charge in [0, 0.05) is 38.7 Å². The highest BCUT2D eigenvalue weighted by atomic mass is 16.2. The van der Waals surface area contributed by atoms with Gasteiger partial charge in [-0.2, -0.15) is 0 Å². The molecular formula is C17H20N4O. The first-order valence-electron chi connectivity index (χ1n) is 7.58. The number of anilines is 1. The van der Waals surface area contributed by atoms with Gasteiger partial charge >= 0.3 is 0 Å². The van der Waals surface area contributed by atoms with Gasteiger partial charge in [-0.15, -0.1) is 0 Å². The average molecular weight is 296 g/mol. The van der Waals surface area contributed by atoms with Gasteiger partial charge in [0.15, 0.2) is 0 Å². The minimum Gasteiger partial charge on any atom is -0.365 e. The third-order valence-corrected chi connectivity index (χ3v) is 3.90. The van der Waals surface area contributed by atoms with Crippen molar-refractivity contribution < 1.29 is 4.79 Å². The van der Waals surface area contributed by atoms with Crippen LogP contribution in [0.1, 0.15) is 24.7 Å². The molecular weight excluding hydrogens is 276 g/mol. The number of nitrogens with one attached hydrogen (secondary N) is 1. The zero-order valence-electron chi connectivity index (χ0n) is 12.7. The Morgan fingerprint density at radius 3 is 2.86 bits per heavy atom. The highest BCUT2D eigenvalue weighted by Gasteiger charge is 2.24. The number of rotatable bonds is 4. The molecule has 2 aromatic rings. The zero-order chi connectivity index (χ0) is 15.4. The molecule has 1 fully saturated rings. The minimum absolute atomic E-state index is 0.136. The van der Waals surface area contributed by atoms with Crippen molar-refractivity contribution in [2.75, 3.05) is 18.4 Å². The molecule has 0 spiro atoms. The van der Waals surface area contributed by atoms with Gasteiger partial charge in [-0.25, -0.2) is 9.97 Å². The molecule has 1 N–H and O–H groups in total. The zero-order valence-corrected chi connectivity index (χ0v) is 12.7. The van der Waals surface area contributed by atoms with Gasteiger partial charge in [0.1, 0.15) is 11.6 Å². The summed E-state index contributed by atoms with van der Waals surface area (Å²) in [7, 11) is 0. The van der Waals surface area contributed by atoms with Crippen LogP contribution in [0.15, 0.2) is 42.6 Å². The summed E-state index contributed by atoms with van der Waals surface area (Å²) in [5.41, 5.74) is 1.20. The van der Waals surface area contributed by atoms with Crippen molar-refractivity contribution in [3.8, 4) is 0 Å². The van der Waals surface area contributed by atoms with E-state index in [-0.39, 0.29) is 11.9 Å². The second-order valence-electron chi connectivity index (χ2n) is 5.62. The van der Waals surface area contributed by atoms with Gasteiger partial charge < -0.3 is 10.2 Å². The maximum absolute atomic E-state index is 11.4. The van der Waals surface area contributed by atoms with E-state index < -0.39 is 0 Å². The van der Waals surface area contributed by atoms with Gasteiger partial charge in [0.2, 0.25) is 5.91 Å². The predicted molar refractivity (Wildman–Crippen MR) is 85.6 cm³/mol. The maximum atomic E-state index is 11.4. The number of hydrogen-bond donors (Lipinski definition) is 1. The van der Waals surface area contributed by atoms with Crippen molar-refractivity contribution in [3.63, 3.8) is 0 Å². The molecule has 5 nitrogen and oxygen atoms in total. The number of likely N-dealkylation sites (tertiary alicyclic amines) is 1. The average Bonchev–Trinajstić information content (AvgIpc) is 2.97. The minimum atomic E-state index is 0.136. The van der Waals surface area contributed by atoms with Crippen molar-refractivity contribution in [1.82, 2.24) is 14.9 Å². The molecule has 0 aliphatic carbocycles. The third kappa shape index (κ3) is 3.61. The highest BCUT2D eigenvalue weighted by Crippen LogP contribution is 2.15. The van der Waals surface area contributed by atoms with E-state index in [2.05, 4.69) is 27.4 Å². The van der Waals surface area contributed by atoms with E-state index in [0.717, 1.165) is 37.6 Å². The topological polar surface area (TPSA) is 58.1 Å². The quantitative estimate of drug-likeness (QED) is 0.938. The van der Waals surface area contributed by atoms with Gasteiger partial charge in [-0.05, 0) is 18.1 Å². The van der Waals surface area contributed by atoms with E-state index in [0.29, 0.717) is 0 Å². The summed E-state index contributed by atoms with van der Waals surface area (Å²) in [6.45, 7) is 3.17. The molecule has 22 heavy (non-hydrogen) atoms. The summed E-state index contributed by atoms with van der Waals surface area (Å²) in [6.07, 6.45) is 3.46. The van der Waals surface area contributed by atoms with Crippen molar-refractivity contribution in [2.45, 2.75) is 25.8 Å². The number of aromatic nitrogens is 2. The first-order valence-corrected chi connectivity index (χ1v) is 7.58. The van der Waals surface area contributed by atoms with Crippen LogP contribution in [-0.4, -0.2) is 39.9 Å². The molecule has 2 heterocycles. The Bertz CT molecular complexity index is 644. The Labute approximate surface area is 130 Å². The number of hydrogen-bond acceptors (Lipinski definition) is 4. The van der Waals surface area contributed by atoms with E-state index in [1.807, 2.05) is 29.2 Å². The normalized spacial score (nSPS) is 17.5. The molecule has 1 aliphatic heterocycles. The van der Waals surface area contributed by atoms with E-state index in [4.69, 9.17) is 0 Å². The Morgan fingerprint density at radius 2 is 2.14 bits per heavy atom. The maximum Gasteiger partial charge on any atom is 0.219 e. The van der Waals surface area contributed by atoms with Crippen LogP contribution < -0.4 is 5.32 Å². The predicted octanol–water partition coefficient (Wildman–Crippen LogP) is 2.10. The molecule has 0 saturated carbocycles. The van der Waals surface area contributed by atoms with Crippen molar-refractivity contribution in [3.05, 3.63) is 54.0 Å². The molecule has 1 atom stereocenters. The first-order chi connectivity index (χ1) is 10.7. The van der Waals surface area contributed by atoms with Crippen LogP contribution >= 0.6 is 0 Å². The molecule has 0 unspecified atom stereocenters. The highest BCUT2D eigenvalue weighted by molar-refractivity contribution is 5.73. The van der Waals surface area contributed by atoms with E-state index in [1.54, 1.807) is 13.1 Å². The summed E-state index contributed by atoms with van der Waals surface area (Å²) in [5.74, 6) is 1.77. The fourth-order valence-electron chi connectivity index (χ4n) is 2.72. The summed E-state index contributed by atoms with van der Waals surface area (Å²) in [5, 5.41) is 3.41. The number of carbonyl (C=O) groups is 1. The lowest BCUT2D eigenvalue weighted by atomic mass is 10.1. The van der Waals surface area contributed by atoms with Crippen LogP contribution in [0.3, 0.4) is 0 Å². The molecule has 5 heteroatoms.